The molecule has 1 spiro atoms. The molecule has 2 heterocycles. The van der Waals surface area contributed by atoms with Crippen LogP contribution in [0.5, 0.6) is 0 Å². The fraction of sp³-hybridized carbons (Fsp3) is 0.905. The van der Waals surface area contributed by atoms with E-state index in [1.165, 1.54) is 5.57 Å². The van der Waals surface area contributed by atoms with Crippen LogP contribution in [0.4, 0.5) is 0 Å². The summed E-state index contributed by atoms with van der Waals surface area (Å²) in [4.78, 5) is 0. The number of fused-ring (bicyclic) bond motifs is 3. The standard InChI is InChI=1S/C21H30O4/c1-18-7-5-13(22)9-12(18)3-4-14-15(18)10-17(23)20-11-24-19(2)16(20)6-8-21(14,20)25-19/h3,13-17,22-23H,4-11H2,1-2H3/t13-,14-,15-,16+,17+,18-,19-,20-,21-/m0/s1. The van der Waals surface area contributed by atoms with Gasteiger partial charge in [-0.2, -0.15) is 0 Å². The van der Waals surface area contributed by atoms with Crippen LogP contribution >= 0.6 is 0 Å². The van der Waals surface area contributed by atoms with Gasteiger partial charge in [0, 0.05) is 5.92 Å². The van der Waals surface area contributed by atoms with E-state index >= 15 is 0 Å². The average molecular weight is 346 g/mol. The lowest BCUT2D eigenvalue weighted by Gasteiger charge is -2.62. The summed E-state index contributed by atoms with van der Waals surface area (Å²) < 4.78 is 12.8. The van der Waals surface area contributed by atoms with E-state index in [0.29, 0.717) is 24.4 Å². The molecule has 4 heteroatoms. The summed E-state index contributed by atoms with van der Waals surface area (Å²) in [6.07, 6.45) is 8.77. The van der Waals surface area contributed by atoms with Crippen molar-refractivity contribution >= 4 is 0 Å². The summed E-state index contributed by atoms with van der Waals surface area (Å²) in [5.74, 6) is 0.808. The molecule has 25 heavy (non-hydrogen) atoms. The Morgan fingerprint density at radius 1 is 1.12 bits per heavy atom. The zero-order valence-corrected chi connectivity index (χ0v) is 15.3. The number of aliphatic hydroxyl groups is 2. The van der Waals surface area contributed by atoms with Crippen LogP contribution in [-0.2, 0) is 9.47 Å². The minimum Gasteiger partial charge on any atom is -0.393 e. The minimum atomic E-state index is -0.484. The highest BCUT2D eigenvalue weighted by Gasteiger charge is 2.84. The second-order valence-electron chi connectivity index (χ2n) is 10.2. The number of hydrogen-bond acceptors (Lipinski definition) is 4. The monoisotopic (exact) mass is 346 g/mol. The van der Waals surface area contributed by atoms with Crippen LogP contribution in [0, 0.1) is 28.6 Å². The first-order valence-corrected chi connectivity index (χ1v) is 10.3. The van der Waals surface area contributed by atoms with Gasteiger partial charge in [-0.05, 0) is 69.1 Å². The van der Waals surface area contributed by atoms with Crippen molar-refractivity contribution in [2.75, 3.05) is 6.61 Å². The second kappa shape index (κ2) is 4.35. The fourth-order valence-electron chi connectivity index (χ4n) is 8.51. The van der Waals surface area contributed by atoms with Crippen LogP contribution < -0.4 is 0 Å². The molecule has 2 N–H and O–H groups in total. The molecule has 0 aromatic rings. The summed E-state index contributed by atoms with van der Waals surface area (Å²) in [6.45, 7) is 5.17. The van der Waals surface area contributed by atoms with Crippen molar-refractivity contribution in [3.8, 4) is 0 Å². The van der Waals surface area contributed by atoms with E-state index in [0.717, 1.165) is 44.9 Å². The Bertz CT molecular complexity index is 675. The molecule has 0 radical (unpaired) electrons. The van der Waals surface area contributed by atoms with Crippen molar-refractivity contribution in [2.24, 2.45) is 28.6 Å². The highest BCUT2D eigenvalue weighted by Crippen LogP contribution is 2.77. The van der Waals surface area contributed by atoms with Crippen LogP contribution in [0.1, 0.15) is 58.8 Å². The van der Waals surface area contributed by atoms with Crippen LogP contribution in [0.3, 0.4) is 0 Å². The molecule has 4 nitrogen and oxygen atoms in total. The van der Waals surface area contributed by atoms with Gasteiger partial charge < -0.3 is 19.7 Å². The second-order valence-corrected chi connectivity index (χ2v) is 10.2. The zero-order valence-electron chi connectivity index (χ0n) is 15.3. The number of allylic oxidation sites excluding steroid dienone is 1. The largest absolute Gasteiger partial charge is 0.393 e. The van der Waals surface area contributed by atoms with Gasteiger partial charge in [-0.3, -0.25) is 0 Å². The maximum atomic E-state index is 11.4. The molecule has 0 aromatic heterocycles. The summed E-state index contributed by atoms with van der Waals surface area (Å²) in [5, 5.41) is 21.6. The maximum absolute atomic E-state index is 11.4. The van der Waals surface area contributed by atoms with Gasteiger partial charge in [0.25, 0.3) is 0 Å². The predicted molar refractivity (Wildman–Crippen MR) is 91.6 cm³/mol. The first-order valence-electron chi connectivity index (χ1n) is 10.3. The van der Waals surface area contributed by atoms with E-state index in [-0.39, 0.29) is 28.6 Å². The van der Waals surface area contributed by atoms with Gasteiger partial charge in [0.2, 0.25) is 0 Å². The van der Waals surface area contributed by atoms with Gasteiger partial charge in [0.05, 0.1) is 29.8 Å². The van der Waals surface area contributed by atoms with E-state index in [9.17, 15) is 10.2 Å². The van der Waals surface area contributed by atoms with Crippen LogP contribution in [0.15, 0.2) is 11.6 Å². The van der Waals surface area contributed by atoms with E-state index in [1.54, 1.807) is 0 Å². The van der Waals surface area contributed by atoms with Crippen LogP contribution in [-0.4, -0.2) is 40.4 Å². The summed E-state index contributed by atoms with van der Waals surface area (Å²) in [6, 6.07) is 0. The lowest BCUT2D eigenvalue weighted by Crippen LogP contribution is -2.67. The van der Waals surface area contributed by atoms with Gasteiger partial charge in [-0.15, -0.1) is 0 Å². The van der Waals surface area contributed by atoms with E-state index < -0.39 is 5.79 Å². The van der Waals surface area contributed by atoms with E-state index in [1.807, 2.05) is 0 Å². The summed E-state index contributed by atoms with van der Waals surface area (Å²) in [7, 11) is 0. The van der Waals surface area contributed by atoms with Crippen molar-refractivity contribution in [3.63, 3.8) is 0 Å². The van der Waals surface area contributed by atoms with E-state index in [2.05, 4.69) is 19.9 Å². The van der Waals surface area contributed by atoms with Gasteiger partial charge in [-0.25, -0.2) is 0 Å². The SMILES string of the molecule is C[C@@]12OC[C@]34[C@H](O)C[C@H]5[C@H](CC=C6C[C@@H](O)CC[C@@]65C)[C@]3(CC[C@H]14)O2. The molecule has 4 bridgehead atoms. The lowest BCUT2D eigenvalue weighted by atomic mass is 9.45. The molecular weight excluding hydrogens is 316 g/mol. The number of hydrogen-bond donors (Lipinski definition) is 2. The predicted octanol–water partition coefficient (Wildman–Crippen LogP) is 2.78. The van der Waals surface area contributed by atoms with Gasteiger partial charge in [0.15, 0.2) is 5.79 Å². The Morgan fingerprint density at radius 3 is 2.80 bits per heavy atom. The quantitative estimate of drug-likeness (QED) is 0.662. The highest BCUT2D eigenvalue weighted by molar-refractivity contribution is 5.33. The van der Waals surface area contributed by atoms with E-state index in [4.69, 9.17) is 9.47 Å². The first kappa shape index (κ1) is 15.6. The molecule has 6 rings (SSSR count). The molecule has 2 aliphatic heterocycles. The molecule has 0 aromatic carbocycles. The van der Waals surface area contributed by atoms with Crippen molar-refractivity contribution in [3.05, 3.63) is 11.6 Å². The Hall–Kier alpha value is -0.420. The third-order valence-corrected chi connectivity index (χ3v) is 9.61. The topological polar surface area (TPSA) is 58.9 Å². The number of ether oxygens (including phenoxy) is 2. The Balaban J connectivity index is 1.49. The van der Waals surface area contributed by atoms with Crippen molar-refractivity contribution < 1.29 is 19.7 Å². The molecule has 6 aliphatic rings. The van der Waals surface area contributed by atoms with Crippen LogP contribution in [0.2, 0.25) is 0 Å². The molecule has 0 amide bonds. The molecule has 138 valence electrons. The molecule has 5 fully saturated rings. The highest BCUT2D eigenvalue weighted by atomic mass is 16.7. The third kappa shape index (κ3) is 1.46. The van der Waals surface area contributed by atoms with Gasteiger partial charge in [-0.1, -0.05) is 18.6 Å². The third-order valence-electron chi connectivity index (χ3n) is 9.61. The smallest absolute Gasteiger partial charge is 0.169 e. The normalized spacial score (nSPS) is 64.5. The number of aliphatic hydroxyl groups excluding tert-OH is 2. The summed E-state index contributed by atoms with van der Waals surface area (Å²) >= 11 is 0. The van der Waals surface area contributed by atoms with Gasteiger partial charge >= 0.3 is 0 Å². The number of rotatable bonds is 0. The first-order chi connectivity index (χ1) is 11.9. The fourth-order valence-corrected chi connectivity index (χ4v) is 8.51. The molecule has 0 unspecified atom stereocenters. The lowest BCUT2D eigenvalue weighted by molar-refractivity contribution is -0.337. The summed E-state index contributed by atoms with van der Waals surface area (Å²) in [5.41, 5.74) is 1.17. The Kier molecular flexibility index (Phi) is 2.72. The Morgan fingerprint density at radius 2 is 1.96 bits per heavy atom. The molecule has 2 saturated heterocycles. The maximum Gasteiger partial charge on any atom is 0.169 e. The Labute approximate surface area is 149 Å². The molecule has 4 aliphatic carbocycles. The molecule has 3 saturated carbocycles. The van der Waals surface area contributed by atoms with Crippen LogP contribution in [0.25, 0.3) is 0 Å². The van der Waals surface area contributed by atoms with Crippen molar-refractivity contribution in [1.29, 1.82) is 0 Å². The molecular formula is C21H30O4. The minimum absolute atomic E-state index is 0.116. The molecule has 9 atom stereocenters. The van der Waals surface area contributed by atoms with Crippen molar-refractivity contribution in [1.82, 2.24) is 0 Å². The van der Waals surface area contributed by atoms with Crippen molar-refractivity contribution in [2.45, 2.75) is 82.4 Å². The van der Waals surface area contributed by atoms with Gasteiger partial charge in [0.1, 0.15) is 0 Å². The average Bonchev–Trinajstić information content (AvgIpc) is 3.14. The zero-order chi connectivity index (χ0) is 17.2.